The number of amides is 1. The van der Waals surface area contributed by atoms with Crippen LogP contribution in [0.25, 0.3) is 0 Å². The summed E-state index contributed by atoms with van der Waals surface area (Å²) in [6.45, 7) is 0. The molecule has 7 heteroatoms. The fourth-order valence-electron chi connectivity index (χ4n) is 0.983. The van der Waals surface area contributed by atoms with Gasteiger partial charge in [0, 0.05) is 12.1 Å². The molecule has 0 aliphatic carbocycles. The van der Waals surface area contributed by atoms with Crippen molar-refractivity contribution in [3.63, 3.8) is 0 Å². The summed E-state index contributed by atoms with van der Waals surface area (Å²) < 4.78 is 5.04. The highest BCUT2D eigenvalue weighted by Gasteiger charge is 2.11. The summed E-state index contributed by atoms with van der Waals surface area (Å²) >= 11 is 0. The normalized spacial score (nSPS) is 10.0. The predicted octanol–water partition coefficient (Wildman–Crippen LogP) is -0.121. The first kappa shape index (κ1) is 8.30. The molecule has 1 amide bonds. The van der Waals surface area contributed by atoms with Crippen LogP contribution < -0.4 is 10.7 Å². The van der Waals surface area contributed by atoms with Gasteiger partial charge in [-0.05, 0) is 5.21 Å². The number of nitrogens with two attached hydrogens (primary N) is 1. The molecule has 0 spiro atoms. The maximum Gasteiger partial charge on any atom is 0.237 e. The van der Waals surface area contributed by atoms with Gasteiger partial charge in [-0.3, -0.25) is 4.79 Å². The second-order valence-electron chi connectivity index (χ2n) is 2.45. The lowest BCUT2D eigenvalue weighted by Gasteiger charge is -2.11. The zero-order valence-corrected chi connectivity index (χ0v) is 7.07. The Bertz CT molecular complexity index is 421. The fourth-order valence-corrected chi connectivity index (χ4v) is 0.983. The lowest BCUT2D eigenvalue weighted by molar-refractivity contribution is -0.108. The van der Waals surface area contributed by atoms with Crippen LogP contribution in [0.3, 0.4) is 0 Å². The SMILES string of the molecule is Nc1ccc(N(C=O)n2ccnn2)o1. The van der Waals surface area contributed by atoms with Crippen LogP contribution in [0.15, 0.2) is 28.9 Å². The molecule has 0 unspecified atom stereocenters. The van der Waals surface area contributed by atoms with Gasteiger partial charge in [-0.15, -0.1) is 9.89 Å². The van der Waals surface area contributed by atoms with Crippen LogP contribution in [0, 0.1) is 0 Å². The summed E-state index contributed by atoms with van der Waals surface area (Å²) in [4.78, 5) is 12.0. The molecule has 7 nitrogen and oxygen atoms in total. The quantitative estimate of drug-likeness (QED) is 0.686. The van der Waals surface area contributed by atoms with E-state index in [-0.39, 0.29) is 11.8 Å². The number of furan rings is 1. The standard InChI is InChI=1S/C7H7N5O2/c8-6-1-2-7(14-6)11(5-13)12-4-3-9-10-12/h1-5H,8H2. The number of hydrogen-bond donors (Lipinski definition) is 1. The molecular formula is C7H7N5O2. The Hall–Kier alpha value is -2.31. The Kier molecular flexibility index (Phi) is 1.90. The molecule has 0 saturated heterocycles. The largest absolute Gasteiger partial charge is 0.423 e. The minimum Gasteiger partial charge on any atom is -0.423 e. The molecule has 0 saturated carbocycles. The number of aromatic nitrogens is 3. The first-order valence-electron chi connectivity index (χ1n) is 3.77. The summed E-state index contributed by atoms with van der Waals surface area (Å²) in [7, 11) is 0. The zero-order valence-electron chi connectivity index (χ0n) is 7.07. The molecule has 2 N–H and O–H groups in total. The smallest absolute Gasteiger partial charge is 0.237 e. The molecule has 0 aromatic carbocycles. The van der Waals surface area contributed by atoms with Crippen molar-refractivity contribution in [2.75, 3.05) is 10.7 Å². The third-order valence-corrected chi connectivity index (χ3v) is 1.57. The molecule has 0 aliphatic heterocycles. The summed E-state index contributed by atoms with van der Waals surface area (Å²) in [5.74, 6) is 0.509. The second kappa shape index (κ2) is 3.21. The molecule has 0 atom stereocenters. The minimum absolute atomic E-state index is 0.229. The molecule has 72 valence electrons. The van der Waals surface area contributed by atoms with Crippen molar-refractivity contribution in [3.8, 4) is 0 Å². The van der Waals surface area contributed by atoms with E-state index >= 15 is 0 Å². The van der Waals surface area contributed by atoms with E-state index in [1.54, 1.807) is 12.1 Å². The first-order chi connectivity index (χ1) is 6.81. The van der Waals surface area contributed by atoms with Crippen LogP contribution in [-0.4, -0.2) is 21.5 Å². The van der Waals surface area contributed by atoms with Crippen molar-refractivity contribution in [2.24, 2.45) is 0 Å². The summed E-state index contributed by atoms with van der Waals surface area (Å²) in [5, 5.41) is 8.32. The monoisotopic (exact) mass is 193 g/mol. The van der Waals surface area contributed by atoms with Crippen LogP contribution in [0.5, 0.6) is 0 Å². The van der Waals surface area contributed by atoms with Crippen molar-refractivity contribution in [3.05, 3.63) is 24.5 Å². The molecule has 2 aromatic rings. The lowest BCUT2D eigenvalue weighted by Crippen LogP contribution is -2.28. The van der Waals surface area contributed by atoms with Gasteiger partial charge >= 0.3 is 0 Å². The van der Waals surface area contributed by atoms with Gasteiger partial charge < -0.3 is 10.2 Å². The van der Waals surface area contributed by atoms with Gasteiger partial charge in [0.05, 0.1) is 12.4 Å². The van der Waals surface area contributed by atoms with Crippen LogP contribution >= 0.6 is 0 Å². The van der Waals surface area contributed by atoms with Gasteiger partial charge in [-0.25, -0.2) is 0 Å². The molecule has 2 rings (SSSR count). The van der Waals surface area contributed by atoms with E-state index in [2.05, 4.69) is 10.3 Å². The van der Waals surface area contributed by atoms with Gasteiger partial charge in [0.2, 0.25) is 12.3 Å². The van der Waals surface area contributed by atoms with Gasteiger partial charge in [-0.1, -0.05) is 0 Å². The van der Waals surface area contributed by atoms with E-state index in [4.69, 9.17) is 10.2 Å². The summed E-state index contributed by atoms with van der Waals surface area (Å²) in [6.07, 6.45) is 3.50. The van der Waals surface area contributed by atoms with Crippen molar-refractivity contribution >= 4 is 18.2 Å². The van der Waals surface area contributed by atoms with Gasteiger partial charge in [-0.2, -0.15) is 5.01 Å². The highest BCUT2D eigenvalue weighted by Crippen LogP contribution is 2.18. The van der Waals surface area contributed by atoms with Crippen molar-refractivity contribution in [2.45, 2.75) is 0 Å². The number of anilines is 2. The van der Waals surface area contributed by atoms with Crippen LogP contribution in [-0.2, 0) is 4.79 Å². The average molecular weight is 193 g/mol. The topological polar surface area (TPSA) is 90.2 Å². The van der Waals surface area contributed by atoms with Gasteiger partial charge in [0.15, 0.2) is 5.88 Å². The maximum atomic E-state index is 10.7. The Balaban J connectivity index is 2.35. The van der Waals surface area contributed by atoms with E-state index in [9.17, 15) is 4.79 Å². The number of carbonyl (C=O) groups is 1. The minimum atomic E-state index is 0.229. The van der Waals surface area contributed by atoms with E-state index < -0.39 is 0 Å². The van der Waals surface area contributed by atoms with E-state index in [1.165, 1.54) is 17.2 Å². The van der Waals surface area contributed by atoms with Crippen molar-refractivity contribution in [1.29, 1.82) is 0 Å². The third kappa shape index (κ3) is 1.30. The van der Waals surface area contributed by atoms with Crippen LogP contribution in [0.2, 0.25) is 0 Å². The Morgan fingerprint density at radius 1 is 1.57 bits per heavy atom. The van der Waals surface area contributed by atoms with E-state index in [0.717, 1.165) is 5.01 Å². The third-order valence-electron chi connectivity index (χ3n) is 1.57. The number of carbonyl (C=O) groups excluding carboxylic acids is 1. The molecular weight excluding hydrogens is 186 g/mol. The van der Waals surface area contributed by atoms with Crippen LogP contribution in [0.4, 0.5) is 11.8 Å². The lowest BCUT2D eigenvalue weighted by atomic mass is 10.6. The number of rotatable bonds is 3. The Morgan fingerprint density at radius 3 is 2.93 bits per heavy atom. The molecule has 0 bridgehead atoms. The second-order valence-corrected chi connectivity index (χ2v) is 2.45. The first-order valence-corrected chi connectivity index (χ1v) is 3.77. The fraction of sp³-hybridized carbons (Fsp3) is 0. The van der Waals surface area contributed by atoms with Gasteiger partial charge in [0.1, 0.15) is 0 Å². The average Bonchev–Trinajstić information content (AvgIpc) is 2.79. The Morgan fingerprint density at radius 2 is 2.43 bits per heavy atom. The van der Waals surface area contributed by atoms with Crippen molar-refractivity contribution < 1.29 is 9.21 Å². The zero-order chi connectivity index (χ0) is 9.97. The Labute approximate surface area is 78.7 Å². The summed E-state index contributed by atoms with van der Waals surface area (Å²) in [6, 6.07) is 3.11. The number of nitrogens with zero attached hydrogens (tertiary/aromatic N) is 4. The number of hydrogen-bond acceptors (Lipinski definition) is 5. The highest BCUT2D eigenvalue weighted by atomic mass is 16.4. The van der Waals surface area contributed by atoms with Gasteiger partial charge in [0.25, 0.3) is 0 Å². The maximum absolute atomic E-state index is 10.7. The predicted molar refractivity (Wildman–Crippen MR) is 47.1 cm³/mol. The highest BCUT2D eigenvalue weighted by molar-refractivity contribution is 5.71. The molecule has 0 fully saturated rings. The van der Waals surface area contributed by atoms with Crippen molar-refractivity contribution in [1.82, 2.24) is 15.1 Å². The van der Waals surface area contributed by atoms with Crippen LogP contribution in [0.1, 0.15) is 0 Å². The molecule has 0 radical (unpaired) electrons. The van der Waals surface area contributed by atoms with E-state index in [0.29, 0.717) is 6.41 Å². The van der Waals surface area contributed by atoms with E-state index in [1.807, 2.05) is 0 Å². The molecule has 2 aromatic heterocycles. The molecule has 2 heterocycles. The molecule has 0 aliphatic rings. The number of nitrogen functional groups attached to an aromatic ring is 1. The molecule has 14 heavy (non-hydrogen) atoms. The summed E-state index contributed by atoms with van der Waals surface area (Å²) in [5.41, 5.74) is 5.37.